The van der Waals surface area contributed by atoms with Crippen LogP contribution < -0.4 is 14.4 Å². The highest BCUT2D eigenvalue weighted by molar-refractivity contribution is 7.22. The Hall–Kier alpha value is -3.71. The summed E-state index contributed by atoms with van der Waals surface area (Å²) in [6, 6.07) is 19.9. The lowest BCUT2D eigenvalue weighted by Gasteiger charge is -2.18. The Morgan fingerprint density at radius 1 is 1.06 bits per heavy atom. The average molecular weight is 432 g/mol. The van der Waals surface area contributed by atoms with Crippen molar-refractivity contribution in [2.24, 2.45) is 0 Å². The second kappa shape index (κ2) is 8.20. The van der Waals surface area contributed by atoms with Crippen molar-refractivity contribution in [2.75, 3.05) is 11.7 Å². The number of aromatic nitrogens is 1. The number of benzene rings is 3. The second-order valence-corrected chi connectivity index (χ2v) is 7.95. The molecule has 0 N–H and O–H groups in total. The van der Waals surface area contributed by atoms with E-state index in [-0.39, 0.29) is 18.2 Å². The third-order valence-corrected chi connectivity index (χ3v) is 5.90. The number of halogens is 1. The maximum atomic E-state index is 14.2. The molecule has 154 valence electrons. The normalized spacial score (nSPS) is 12.5. The van der Waals surface area contributed by atoms with Gasteiger partial charge in [0.05, 0.1) is 11.2 Å². The van der Waals surface area contributed by atoms with Gasteiger partial charge in [0.15, 0.2) is 16.6 Å². The standard InChI is InChI=1S/C24H17FN2O3S/c25-18-7-4-8-21-23(18)26-24(31-21)27(14-17-5-2-1-3-6-17)22(28)12-10-16-9-11-19-20(13-16)30-15-29-19/h1-13H,14-15H2/b12-10+. The summed E-state index contributed by atoms with van der Waals surface area (Å²) in [6.07, 6.45) is 3.21. The molecule has 5 nitrogen and oxygen atoms in total. The van der Waals surface area contributed by atoms with Crippen molar-refractivity contribution in [3.05, 3.63) is 89.8 Å². The summed E-state index contributed by atoms with van der Waals surface area (Å²) < 4.78 is 25.6. The minimum Gasteiger partial charge on any atom is -0.454 e. The molecule has 1 aromatic heterocycles. The molecule has 7 heteroatoms. The minimum absolute atomic E-state index is 0.195. The lowest BCUT2D eigenvalue weighted by atomic mass is 10.2. The first-order chi connectivity index (χ1) is 15.2. The summed E-state index contributed by atoms with van der Waals surface area (Å²) >= 11 is 1.29. The molecule has 1 aliphatic heterocycles. The Balaban J connectivity index is 1.47. The van der Waals surface area contributed by atoms with E-state index in [1.54, 1.807) is 23.1 Å². The number of carbonyl (C=O) groups is 1. The van der Waals surface area contributed by atoms with Gasteiger partial charge in [0.25, 0.3) is 5.91 Å². The molecule has 0 bridgehead atoms. The van der Waals surface area contributed by atoms with Crippen LogP contribution in [0.25, 0.3) is 16.3 Å². The molecule has 2 heterocycles. The molecule has 0 spiro atoms. The van der Waals surface area contributed by atoms with E-state index in [1.807, 2.05) is 48.5 Å². The second-order valence-electron chi connectivity index (χ2n) is 6.94. The Morgan fingerprint density at radius 2 is 1.90 bits per heavy atom. The number of hydrogen-bond acceptors (Lipinski definition) is 5. The fourth-order valence-electron chi connectivity index (χ4n) is 3.30. The average Bonchev–Trinajstić information content (AvgIpc) is 3.44. The third kappa shape index (κ3) is 4.00. The first-order valence-corrected chi connectivity index (χ1v) is 10.5. The van der Waals surface area contributed by atoms with E-state index in [4.69, 9.17) is 9.47 Å². The van der Waals surface area contributed by atoms with Gasteiger partial charge in [-0.05, 0) is 41.5 Å². The molecule has 0 unspecified atom stereocenters. The molecule has 1 aliphatic rings. The molecule has 0 fully saturated rings. The highest BCUT2D eigenvalue weighted by Gasteiger charge is 2.20. The van der Waals surface area contributed by atoms with E-state index >= 15 is 0 Å². The van der Waals surface area contributed by atoms with Crippen molar-refractivity contribution < 1.29 is 18.7 Å². The molecule has 5 rings (SSSR count). The number of fused-ring (bicyclic) bond motifs is 2. The van der Waals surface area contributed by atoms with Crippen molar-refractivity contribution in [3.63, 3.8) is 0 Å². The van der Waals surface area contributed by atoms with Gasteiger partial charge in [-0.15, -0.1) is 0 Å². The van der Waals surface area contributed by atoms with Crippen LogP contribution >= 0.6 is 11.3 Å². The van der Waals surface area contributed by atoms with E-state index in [1.165, 1.54) is 23.5 Å². The zero-order chi connectivity index (χ0) is 21.2. The Labute approximate surface area is 182 Å². The van der Waals surface area contributed by atoms with Crippen LogP contribution in [0, 0.1) is 5.82 Å². The van der Waals surface area contributed by atoms with Crippen molar-refractivity contribution in [2.45, 2.75) is 6.54 Å². The van der Waals surface area contributed by atoms with Gasteiger partial charge < -0.3 is 9.47 Å². The molecule has 1 amide bonds. The van der Waals surface area contributed by atoms with Crippen molar-refractivity contribution in [1.82, 2.24) is 4.98 Å². The van der Waals surface area contributed by atoms with E-state index in [2.05, 4.69) is 4.98 Å². The van der Waals surface area contributed by atoms with Gasteiger partial charge in [-0.1, -0.05) is 53.8 Å². The topological polar surface area (TPSA) is 51.7 Å². The summed E-state index contributed by atoms with van der Waals surface area (Å²) in [5.41, 5.74) is 2.03. The molecule has 31 heavy (non-hydrogen) atoms. The molecule has 4 aromatic rings. The van der Waals surface area contributed by atoms with Crippen molar-refractivity contribution >= 4 is 38.7 Å². The number of carbonyl (C=O) groups excluding carboxylic acids is 1. The molecule has 0 radical (unpaired) electrons. The van der Waals surface area contributed by atoms with Gasteiger partial charge >= 0.3 is 0 Å². The number of amides is 1. The van der Waals surface area contributed by atoms with Gasteiger partial charge in [-0.25, -0.2) is 9.37 Å². The highest BCUT2D eigenvalue weighted by Crippen LogP contribution is 2.33. The SMILES string of the molecule is O=C(/C=C/c1ccc2c(c1)OCO2)N(Cc1ccccc1)c1nc2c(F)cccc2s1. The fraction of sp³-hybridized carbons (Fsp3) is 0.0833. The van der Waals surface area contributed by atoms with Gasteiger partial charge in [0, 0.05) is 6.08 Å². The number of thiazole rings is 1. The fourth-order valence-corrected chi connectivity index (χ4v) is 4.28. The summed E-state index contributed by atoms with van der Waals surface area (Å²) in [7, 11) is 0. The lowest BCUT2D eigenvalue weighted by Crippen LogP contribution is -2.28. The zero-order valence-electron chi connectivity index (χ0n) is 16.3. The Bertz CT molecular complexity index is 1290. The number of nitrogens with zero attached hydrogens (tertiary/aromatic N) is 2. The van der Waals surface area contributed by atoms with E-state index in [0.29, 0.717) is 27.9 Å². The first kappa shape index (κ1) is 19.3. The van der Waals surface area contributed by atoms with Crippen LogP contribution in [0.15, 0.2) is 72.8 Å². The monoisotopic (exact) mass is 432 g/mol. The number of anilines is 1. The Morgan fingerprint density at radius 3 is 2.74 bits per heavy atom. The van der Waals surface area contributed by atoms with Crippen molar-refractivity contribution in [1.29, 1.82) is 0 Å². The highest BCUT2D eigenvalue weighted by atomic mass is 32.1. The number of ether oxygens (including phenoxy) is 2. The number of rotatable bonds is 5. The van der Waals surface area contributed by atoms with E-state index in [9.17, 15) is 9.18 Å². The van der Waals surface area contributed by atoms with Crippen LogP contribution in [0.4, 0.5) is 9.52 Å². The molecule has 0 saturated carbocycles. The zero-order valence-corrected chi connectivity index (χ0v) is 17.1. The minimum atomic E-state index is -0.400. The maximum absolute atomic E-state index is 14.2. The summed E-state index contributed by atoms with van der Waals surface area (Å²) in [4.78, 5) is 19.1. The number of hydrogen-bond donors (Lipinski definition) is 0. The van der Waals surface area contributed by atoms with Gasteiger partial charge in [0.2, 0.25) is 6.79 Å². The predicted octanol–water partition coefficient (Wildman–Crippen LogP) is 5.41. The molecule has 0 aliphatic carbocycles. The summed E-state index contributed by atoms with van der Waals surface area (Å²) in [6.45, 7) is 0.521. The van der Waals surface area contributed by atoms with Gasteiger partial charge in [-0.2, -0.15) is 0 Å². The van der Waals surface area contributed by atoms with Gasteiger partial charge in [0.1, 0.15) is 11.3 Å². The Kier molecular flexibility index (Phi) is 5.09. The molecule has 3 aromatic carbocycles. The van der Waals surface area contributed by atoms with Crippen LogP contribution in [-0.2, 0) is 11.3 Å². The van der Waals surface area contributed by atoms with Crippen LogP contribution in [-0.4, -0.2) is 17.7 Å². The molecule has 0 saturated heterocycles. The lowest BCUT2D eigenvalue weighted by molar-refractivity contribution is -0.114. The summed E-state index contributed by atoms with van der Waals surface area (Å²) in [5.74, 6) is 0.687. The van der Waals surface area contributed by atoms with Gasteiger partial charge in [-0.3, -0.25) is 9.69 Å². The third-order valence-electron chi connectivity index (χ3n) is 4.85. The van der Waals surface area contributed by atoms with E-state index < -0.39 is 5.82 Å². The van der Waals surface area contributed by atoms with Crippen LogP contribution in [0.1, 0.15) is 11.1 Å². The van der Waals surface area contributed by atoms with E-state index in [0.717, 1.165) is 11.1 Å². The predicted molar refractivity (Wildman–Crippen MR) is 119 cm³/mol. The molecule has 0 atom stereocenters. The smallest absolute Gasteiger partial charge is 0.253 e. The maximum Gasteiger partial charge on any atom is 0.253 e. The van der Waals surface area contributed by atoms with Crippen molar-refractivity contribution in [3.8, 4) is 11.5 Å². The molecular formula is C24H17FN2O3S. The van der Waals surface area contributed by atoms with Crippen LogP contribution in [0.2, 0.25) is 0 Å². The number of para-hydroxylation sites is 1. The van der Waals surface area contributed by atoms with Crippen LogP contribution in [0.3, 0.4) is 0 Å². The quantitative estimate of drug-likeness (QED) is 0.396. The molecular weight excluding hydrogens is 415 g/mol. The first-order valence-electron chi connectivity index (χ1n) is 9.65. The largest absolute Gasteiger partial charge is 0.454 e. The summed E-state index contributed by atoms with van der Waals surface area (Å²) in [5, 5.41) is 0.448. The van der Waals surface area contributed by atoms with Crippen LogP contribution in [0.5, 0.6) is 11.5 Å².